The molecule has 0 atom stereocenters. The highest BCUT2D eigenvalue weighted by Crippen LogP contribution is 2.20. The Hall–Kier alpha value is -2.11. The summed E-state index contributed by atoms with van der Waals surface area (Å²) in [6.45, 7) is -0.181. The molecule has 26 heavy (non-hydrogen) atoms. The molecule has 0 bridgehead atoms. The molecule has 0 unspecified atom stereocenters. The topological polar surface area (TPSA) is 71.1 Å². The molecular formula is C14H14ClF4N3O4. The molecule has 1 aromatic carbocycles. The molecule has 1 heterocycles. The van der Waals surface area contributed by atoms with Crippen LogP contribution in [0.2, 0.25) is 5.02 Å². The van der Waals surface area contributed by atoms with Gasteiger partial charge in [0.2, 0.25) is 0 Å². The number of benzene rings is 1. The molecule has 1 aliphatic rings. The van der Waals surface area contributed by atoms with Crippen molar-refractivity contribution in [2.24, 2.45) is 0 Å². The van der Waals surface area contributed by atoms with Crippen molar-refractivity contribution in [3.8, 4) is 5.75 Å². The lowest BCUT2D eigenvalue weighted by molar-refractivity contribution is -0.243. The number of amides is 1. The number of hydrogen-bond donors (Lipinski definition) is 1. The highest BCUT2D eigenvalue weighted by molar-refractivity contribution is 6.30. The molecule has 0 radical (unpaired) electrons. The first-order valence-corrected chi connectivity index (χ1v) is 7.69. The number of alkyl halides is 3. The zero-order valence-electron chi connectivity index (χ0n) is 13.2. The second kappa shape index (κ2) is 8.52. The van der Waals surface area contributed by atoms with Crippen LogP contribution in [0.1, 0.15) is 0 Å². The number of hydrogen-bond acceptors (Lipinski definition) is 6. The summed E-state index contributed by atoms with van der Waals surface area (Å²) < 4.78 is 54.7. The average molecular weight is 400 g/mol. The molecule has 0 spiro atoms. The van der Waals surface area contributed by atoms with Crippen LogP contribution in [0.15, 0.2) is 18.2 Å². The lowest BCUT2D eigenvalue weighted by atomic mass is 10.3. The molecule has 0 saturated carbocycles. The Balaban J connectivity index is 1.71. The van der Waals surface area contributed by atoms with Crippen molar-refractivity contribution in [3.63, 3.8) is 0 Å². The van der Waals surface area contributed by atoms with Crippen molar-refractivity contribution >= 4 is 23.5 Å². The summed E-state index contributed by atoms with van der Waals surface area (Å²) in [5, 5.41) is 2.23. The molecule has 0 aliphatic carbocycles. The van der Waals surface area contributed by atoms with E-state index in [9.17, 15) is 27.2 Å². The first kappa shape index (κ1) is 20.2. The van der Waals surface area contributed by atoms with Gasteiger partial charge in [-0.1, -0.05) is 11.6 Å². The van der Waals surface area contributed by atoms with E-state index in [2.05, 4.69) is 10.3 Å². The number of halogens is 5. The number of rotatable bonds is 5. The standard InChI is InChI=1S/C14H14ClF4N3O4/c15-10-2-1-9(7-11(10)16)25-8-12(23)20-21-3-5-22(6-4-21)26-13(24)14(17,18)19/h1-2,7H,3-6,8H2,(H,20,23). The van der Waals surface area contributed by atoms with Gasteiger partial charge in [0, 0.05) is 32.2 Å². The van der Waals surface area contributed by atoms with E-state index in [1.807, 2.05) is 0 Å². The highest BCUT2D eigenvalue weighted by Gasteiger charge is 2.42. The number of nitrogens with one attached hydrogen (secondary N) is 1. The van der Waals surface area contributed by atoms with Crippen LogP contribution >= 0.6 is 11.6 Å². The summed E-state index contributed by atoms with van der Waals surface area (Å²) >= 11 is 5.53. The van der Waals surface area contributed by atoms with Gasteiger partial charge in [-0.3, -0.25) is 10.2 Å². The summed E-state index contributed by atoms with van der Waals surface area (Å²) in [7, 11) is 0. The molecule has 1 aromatic rings. The monoisotopic (exact) mass is 399 g/mol. The van der Waals surface area contributed by atoms with Crippen LogP contribution in [0.5, 0.6) is 5.75 Å². The number of carbonyl (C=O) groups is 2. The summed E-state index contributed by atoms with van der Waals surface area (Å²) in [5.74, 6) is -3.40. The molecule has 1 aliphatic heterocycles. The van der Waals surface area contributed by atoms with Gasteiger partial charge in [-0.15, -0.1) is 5.06 Å². The molecule has 1 N–H and O–H groups in total. The van der Waals surface area contributed by atoms with Crippen LogP contribution in [-0.4, -0.2) is 60.9 Å². The van der Waals surface area contributed by atoms with Crippen LogP contribution in [0, 0.1) is 5.82 Å². The van der Waals surface area contributed by atoms with Gasteiger partial charge >= 0.3 is 12.1 Å². The third-order valence-electron chi connectivity index (χ3n) is 3.23. The Kier molecular flexibility index (Phi) is 6.62. The smallest absolute Gasteiger partial charge is 0.484 e. The number of ether oxygens (including phenoxy) is 1. The van der Waals surface area contributed by atoms with Crippen molar-refractivity contribution in [3.05, 3.63) is 29.0 Å². The highest BCUT2D eigenvalue weighted by atomic mass is 35.5. The number of piperazine rings is 1. The first-order valence-electron chi connectivity index (χ1n) is 7.31. The van der Waals surface area contributed by atoms with Crippen molar-refractivity contribution in [2.75, 3.05) is 32.8 Å². The van der Waals surface area contributed by atoms with Crippen molar-refractivity contribution < 1.29 is 36.7 Å². The van der Waals surface area contributed by atoms with Crippen LogP contribution in [0.3, 0.4) is 0 Å². The number of nitrogens with zero attached hydrogens (tertiary/aromatic N) is 2. The Morgan fingerprint density at radius 2 is 1.85 bits per heavy atom. The van der Waals surface area contributed by atoms with Crippen LogP contribution in [0.25, 0.3) is 0 Å². The SMILES string of the molecule is O=C(COc1ccc(Cl)c(F)c1)NN1CCN(OC(=O)C(F)(F)F)CC1. The summed E-state index contributed by atoms with van der Waals surface area (Å²) in [5.41, 5.74) is 2.48. The lowest BCUT2D eigenvalue weighted by Gasteiger charge is -2.33. The van der Waals surface area contributed by atoms with Gasteiger partial charge < -0.3 is 9.57 Å². The second-order valence-electron chi connectivity index (χ2n) is 5.19. The quantitative estimate of drug-likeness (QED) is 0.757. The first-order chi connectivity index (χ1) is 12.1. The maximum Gasteiger partial charge on any atom is 0.492 e. The van der Waals surface area contributed by atoms with Gasteiger partial charge in [-0.2, -0.15) is 13.2 Å². The van der Waals surface area contributed by atoms with E-state index in [0.717, 1.165) is 11.1 Å². The van der Waals surface area contributed by atoms with E-state index < -0.39 is 30.5 Å². The minimum Gasteiger partial charge on any atom is -0.484 e. The Morgan fingerprint density at radius 3 is 2.42 bits per heavy atom. The molecule has 1 saturated heterocycles. The van der Waals surface area contributed by atoms with Gasteiger partial charge in [0.05, 0.1) is 5.02 Å². The molecule has 1 amide bonds. The Labute approximate surface area is 150 Å². The van der Waals surface area contributed by atoms with E-state index in [4.69, 9.17) is 16.3 Å². The van der Waals surface area contributed by atoms with E-state index >= 15 is 0 Å². The van der Waals surface area contributed by atoms with E-state index in [1.54, 1.807) is 0 Å². The minimum absolute atomic E-state index is 0.0225. The number of carbonyl (C=O) groups excluding carboxylic acids is 2. The fourth-order valence-corrected chi connectivity index (χ4v) is 2.10. The van der Waals surface area contributed by atoms with Crippen LogP contribution in [0.4, 0.5) is 17.6 Å². The normalized spacial score (nSPS) is 16.2. The Morgan fingerprint density at radius 1 is 1.19 bits per heavy atom. The van der Waals surface area contributed by atoms with E-state index in [-0.39, 0.29) is 37.0 Å². The summed E-state index contributed by atoms with van der Waals surface area (Å²) in [6, 6.07) is 3.71. The van der Waals surface area contributed by atoms with Crippen LogP contribution < -0.4 is 10.2 Å². The van der Waals surface area contributed by atoms with Crippen LogP contribution in [-0.2, 0) is 14.4 Å². The molecule has 144 valence electrons. The van der Waals surface area contributed by atoms with E-state index in [1.165, 1.54) is 17.1 Å². The predicted octanol–water partition coefficient (Wildman–Crippen LogP) is 1.53. The lowest BCUT2D eigenvalue weighted by Crippen LogP contribution is -2.55. The number of hydroxylamine groups is 2. The molecule has 12 heteroatoms. The molecule has 2 rings (SSSR count). The third kappa shape index (κ3) is 6.00. The number of hydrazine groups is 1. The maximum absolute atomic E-state index is 13.2. The Bertz CT molecular complexity index is 666. The average Bonchev–Trinajstić information content (AvgIpc) is 2.57. The zero-order valence-corrected chi connectivity index (χ0v) is 13.9. The van der Waals surface area contributed by atoms with Crippen molar-refractivity contribution in [1.29, 1.82) is 0 Å². The van der Waals surface area contributed by atoms with Gasteiger partial charge in [0.25, 0.3) is 5.91 Å². The fourth-order valence-electron chi connectivity index (χ4n) is 1.98. The van der Waals surface area contributed by atoms with Crippen molar-refractivity contribution in [2.45, 2.75) is 6.18 Å². The van der Waals surface area contributed by atoms with Gasteiger partial charge in [0.1, 0.15) is 11.6 Å². The molecule has 0 aromatic heterocycles. The third-order valence-corrected chi connectivity index (χ3v) is 3.53. The molecule has 7 nitrogen and oxygen atoms in total. The van der Waals surface area contributed by atoms with Gasteiger partial charge in [0.15, 0.2) is 6.61 Å². The summed E-state index contributed by atoms with van der Waals surface area (Å²) in [6.07, 6.45) is -5.07. The maximum atomic E-state index is 13.2. The van der Waals surface area contributed by atoms with Crippen molar-refractivity contribution in [1.82, 2.24) is 15.5 Å². The molecular weight excluding hydrogens is 386 g/mol. The summed E-state index contributed by atoms with van der Waals surface area (Å²) in [4.78, 5) is 26.7. The van der Waals surface area contributed by atoms with E-state index in [0.29, 0.717) is 0 Å². The predicted molar refractivity (Wildman–Crippen MR) is 80.3 cm³/mol. The van der Waals surface area contributed by atoms with Gasteiger partial charge in [-0.25, -0.2) is 14.2 Å². The minimum atomic E-state index is -5.07. The molecule has 1 fully saturated rings. The zero-order chi connectivity index (χ0) is 19.3. The fraction of sp³-hybridized carbons (Fsp3) is 0.429. The largest absolute Gasteiger partial charge is 0.492 e. The second-order valence-corrected chi connectivity index (χ2v) is 5.60. The van der Waals surface area contributed by atoms with Gasteiger partial charge in [-0.05, 0) is 12.1 Å².